The van der Waals surface area contributed by atoms with Gasteiger partial charge in [-0.2, -0.15) is 0 Å². The minimum absolute atomic E-state index is 0.297. The second-order valence-corrected chi connectivity index (χ2v) is 5.77. The fourth-order valence-corrected chi connectivity index (χ4v) is 2.53. The molecule has 28 heavy (non-hydrogen) atoms. The third-order valence-corrected chi connectivity index (χ3v) is 4.02. The molecule has 0 aliphatic heterocycles. The summed E-state index contributed by atoms with van der Waals surface area (Å²) < 4.78 is 20.5. The molecule has 0 fully saturated rings. The van der Waals surface area contributed by atoms with E-state index in [0.717, 1.165) is 11.1 Å². The summed E-state index contributed by atoms with van der Waals surface area (Å²) in [6, 6.07) is 10.8. The van der Waals surface area contributed by atoms with E-state index in [1.165, 1.54) is 14.2 Å². The Morgan fingerprint density at radius 1 is 0.929 bits per heavy atom. The molecule has 0 aliphatic carbocycles. The van der Waals surface area contributed by atoms with Gasteiger partial charge in [-0.25, -0.2) is 9.79 Å². The van der Waals surface area contributed by atoms with Crippen LogP contribution in [0.3, 0.4) is 0 Å². The average molecular weight is 387 g/mol. The Labute approximate surface area is 164 Å². The van der Waals surface area contributed by atoms with Crippen molar-refractivity contribution in [3.05, 3.63) is 53.1 Å². The van der Waals surface area contributed by atoms with E-state index in [1.807, 2.05) is 18.2 Å². The Morgan fingerprint density at radius 2 is 1.57 bits per heavy atom. The highest BCUT2D eigenvalue weighted by molar-refractivity contribution is 5.92. The topological polar surface area (TPSA) is 104 Å². The Bertz CT molecular complexity index is 852. The van der Waals surface area contributed by atoms with Crippen molar-refractivity contribution in [2.45, 2.75) is 13.1 Å². The second-order valence-electron chi connectivity index (χ2n) is 5.77. The van der Waals surface area contributed by atoms with Gasteiger partial charge in [0.15, 0.2) is 17.5 Å². The summed E-state index contributed by atoms with van der Waals surface area (Å²) in [5, 5.41) is 3.03. The highest BCUT2D eigenvalue weighted by atomic mass is 16.5. The van der Waals surface area contributed by atoms with Gasteiger partial charge in [0.05, 0.1) is 35.0 Å². The van der Waals surface area contributed by atoms with Gasteiger partial charge in [0.25, 0.3) is 0 Å². The Kier molecular flexibility index (Phi) is 7.50. The molecular weight excluding hydrogens is 362 g/mol. The molecule has 2 rings (SSSR count). The van der Waals surface area contributed by atoms with Gasteiger partial charge in [0.2, 0.25) is 0 Å². The maximum Gasteiger partial charge on any atom is 0.341 e. The maximum absolute atomic E-state index is 11.7. The maximum atomic E-state index is 11.7. The van der Waals surface area contributed by atoms with Gasteiger partial charge in [-0.3, -0.25) is 0 Å². The number of hydrogen-bond acceptors (Lipinski definition) is 6. The molecule has 0 heterocycles. The van der Waals surface area contributed by atoms with Crippen molar-refractivity contribution < 1.29 is 23.7 Å². The summed E-state index contributed by atoms with van der Waals surface area (Å²) in [7, 11) is 6.00. The van der Waals surface area contributed by atoms with Crippen LogP contribution in [-0.4, -0.2) is 40.4 Å². The Hall–Kier alpha value is -3.42. The highest BCUT2D eigenvalue weighted by Crippen LogP contribution is 2.27. The number of hydrogen-bond donors (Lipinski definition) is 2. The van der Waals surface area contributed by atoms with Crippen molar-refractivity contribution in [1.82, 2.24) is 5.32 Å². The molecule has 0 amide bonds. The minimum Gasteiger partial charge on any atom is -0.496 e. The summed E-state index contributed by atoms with van der Waals surface area (Å²) in [5.74, 6) is 1.58. The number of ether oxygens (including phenoxy) is 4. The lowest BCUT2D eigenvalue weighted by Gasteiger charge is -2.11. The third-order valence-electron chi connectivity index (χ3n) is 4.02. The van der Waals surface area contributed by atoms with Gasteiger partial charge in [-0.15, -0.1) is 0 Å². The van der Waals surface area contributed by atoms with Crippen LogP contribution in [0.5, 0.6) is 17.2 Å². The summed E-state index contributed by atoms with van der Waals surface area (Å²) in [5.41, 5.74) is 8.13. The van der Waals surface area contributed by atoms with E-state index in [2.05, 4.69) is 10.3 Å². The number of nitrogens with two attached hydrogens (primary N) is 1. The first-order valence-electron chi connectivity index (χ1n) is 8.52. The fraction of sp³-hybridized carbons (Fsp3) is 0.300. The van der Waals surface area contributed by atoms with Crippen molar-refractivity contribution in [2.24, 2.45) is 10.7 Å². The van der Waals surface area contributed by atoms with E-state index in [0.29, 0.717) is 41.9 Å². The molecule has 2 aromatic rings. The van der Waals surface area contributed by atoms with E-state index in [-0.39, 0.29) is 0 Å². The molecular formula is C20H25N3O5. The van der Waals surface area contributed by atoms with Crippen LogP contribution in [0.25, 0.3) is 0 Å². The number of esters is 1. The summed E-state index contributed by atoms with van der Waals surface area (Å²) in [6.07, 6.45) is 0. The molecule has 0 atom stereocenters. The van der Waals surface area contributed by atoms with Crippen LogP contribution in [0.4, 0.5) is 0 Å². The number of nitrogens with one attached hydrogen (secondary N) is 1. The molecule has 0 radical (unpaired) electrons. The van der Waals surface area contributed by atoms with E-state index >= 15 is 0 Å². The first-order chi connectivity index (χ1) is 13.5. The number of benzene rings is 2. The predicted octanol–water partition coefficient (Wildman–Crippen LogP) is 2.10. The zero-order valence-corrected chi connectivity index (χ0v) is 16.4. The molecule has 8 heteroatoms. The summed E-state index contributed by atoms with van der Waals surface area (Å²) >= 11 is 0. The largest absolute Gasteiger partial charge is 0.496 e. The van der Waals surface area contributed by atoms with Gasteiger partial charge < -0.3 is 30.0 Å². The van der Waals surface area contributed by atoms with Gasteiger partial charge in [0, 0.05) is 6.54 Å². The van der Waals surface area contributed by atoms with Crippen molar-refractivity contribution in [3.8, 4) is 17.2 Å². The monoisotopic (exact) mass is 387 g/mol. The van der Waals surface area contributed by atoms with E-state index in [1.54, 1.807) is 32.4 Å². The standard InChI is InChI=1S/C20H25N3O5/c1-25-16-8-6-14(10-18(16)27-3)12-23-20(21)22-11-13-5-7-15(19(24)28-4)17(9-13)26-2/h5-10H,11-12H2,1-4H3,(H3,21,22,23). The lowest BCUT2D eigenvalue weighted by Crippen LogP contribution is -2.31. The van der Waals surface area contributed by atoms with E-state index < -0.39 is 5.97 Å². The first-order valence-corrected chi connectivity index (χ1v) is 8.52. The number of carbonyl (C=O) groups excluding carboxylic acids is 1. The van der Waals surface area contributed by atoms with Crippen molar-refractivity contribution in [3.63, 3.8) is 0 Å². The second kappa shape index (κ2) is 10.1. The zero-order valence-electron chi connectivity index (χ0n) is 16.4. The number of carbonyl (C=O) groups is 1. The average Bonchev–Trinajstić information content (AvgIpc) is 2.75. The molecule has 8 nitrogen and oxygen atoms in total. The van der Waals surface area contributed by atoms with Crippen LogP contribution < -0.4 is 25.3 Å². The molecule has 0 saturated heterocycles. The van der Waals surface area contributed by atoms with Crippen LogP contribution in [-0.2, 0) is 17.8 Å². The highest BCUT2D eigenvalue weighted by Gasteiger charge is 2.13. The molecule has 2 aromatic carbocycles. The van der Waals surface area contributed by atoms with E-state index in [4.69, 9.17) is 24.7 Å². The minimum atomic E-state index is -0.452. The SMILES string of the molecule is COC(=O)c1ccc(CNC(N)=NCc2ccc(OC)c(OC)c2)cc1OC. The molecule has 0 aromatic heterocycles. The van der Waals surface area contributed by atoms with Gasteiger partial charge >= 0.3 is 5.97 Å². The van der Waals surface area contributed by atoms with E-state index in [9.17, 15) is 4.79 Å². The van der Waals surface area contributed by atoms with Crippen LogP contribution in [0.2, 0.25) is 0 Å². The molecule has 0 saturated carbocycles. The van der Waals surface area contributed by atoms with Crippen LogP contribution in [0.1, 0.15) is 21.5 Å². The van der Waals surface area contributed by atoms with Gasteiger partial charge in [0.1, 0.15) is 11.3 Å². The van der Waals surface area contributed by atoms with Crippen LogP contribution in [0.15, 0.2) is 41.4 Å². The summed E-state index contributed by atoms with van der Waals surface area (Å²) in [4.78, 5) is 16.0. The number of nitrogens with zero attached hydrogens (tertiary/aromatic N) is 1. The zero-order chi connectivity index (χ0) is 20.5. The molecule has 150 valence electrons. The smallest absolute Gasteiger partial charge is 0.341 e. The predicted molar refractivity (Wildman–Crippen MR) is 106 cm³/mol. The number of methoxy groups -OCH3 is 4. The normalized spacial score (nSPS) is 10.9. The third kappa shape index (κ3) is 5.29. The molecule has 0 bridgehead atoms. The van der Waals surface area contributed by atoms with Crippen LogP contribution >= 0.6 is 0 Å². The molecule has 0 unspecified atom stereocenters. The lowest BCUT2D eigenvalue weighted by atomic mass is 10.1. The lowest BCUT2D eigenvalue weighted by molar-refractivity contribution is 0.0597. The molecule has 0 spiro atoms. The quantitative estimate of drug-likeness (QED) is 0.406. The molecule has 0 aliphatic rings. The van der Waals surface area contributed by atoms with Crippen LogP contribution in [0, 0.1) is 0 Å². The number of guanidine groups is 1. The number of rotatable bonds is 8. The van der Waals surface area contributed by atoms with Gasteiger partial charge in [-0.1, -0.05) is 12.1 Å². The fourth-order valence-electron chi connectivity index (χ4n) is 2.53. The Morgan fingerprint density at radius 3 is 2.21 bits per heavy atom. The van der Waals surface area contributed by atoms with Crippen molar-refractivity contribution in [1.29, 1.82) is 0 Å². The van der Waals surface area contributed by atoms with Crippen molar-refractivity contribution >= 4 is 11.9 Å². The van der Waals surface area contributed by atoms with Gasteiger partial charge in [-0.05, 0) is 35.4 Å². The summed E-state index contributed by atoms with van der Waals surface area (Å²) in [6.45, 7) is 0.822. The number of aliphatic imine (C=N–C) groups is 1. The molecule has 3 N–H and O–H groups in total. The first kappa shape index (κ1) is 20.9. The van der Waals surface area contributed by atoms with Crippen molar-refractivity contribution in [2.75, 3.05) is 28.4 Å². The Balaban J connectivity index is 2.00.